The lowest BCUT2D eigenvalue weighted by Crippen LogP contribution is -2.59. The van der Waals surface area contributed by atoms with Crippen molar-refractivity contribution in [1.29, 1.82) is 0 Å². The molecule has 14 nitrogen and oxygen atoms in total. The third kappa shape index (κ3) is 10.6. The Hall–Kier alpha value is -4.75. The van der Waals surface area contributed by atoms with E-state index in [4.69, 9.17) is 9.26 Å². The minimum Gasteiger partial charge on any atom is -0.443 e. The van der Waals surface area contributed by atoms with Crippen LogP contribution in [0.4, 0.5) is 4.79 Å². The molecule has 0 saturated carbocycles. The largest absolute Gasteiger partial charge is 0.443 e. The van der Waals surface area contributed by atoms with Crippen molar-refractivity contribution in [2.45, 2.75) is 104 Å². The average Bonchev–Trinajstić information content (AvgIpc) is 3.76. The molecule has 14 heteroatoms. The van der Waals surface area contributed by atoms with E-state index in [0.717, 1.165) is 11.1 Å². The highest BCUT2D eigenvalue weighted by Crippen LogP contribution is 2.29. The third-order valence-electron chi connectivity index (χ3n) is 8.51. The van der Waals surface area contributed by atoms with Crippen LogP contribution in [0, 0.1) is 24.7 Å². The van der Waals surface area contributed by atoms with Crippen molar-refractivity contribution < 1.29 is 38.0 Å². The summed E-state index contributed by atoms with van der Waals surface area (Å²) in [6.07, 6.45) is 0.769. The predicted molar refractivity (Wildman–Crippen MR) is 178 cm³/mol. The summed E-state index contributed by atoms with van der Waals surface area (Å²) in [5, 5.41) is 17.3. The van der Waals surface area contributed by atoms with Crippen molar-refractivity contribution in [2.75, 3.05) is 6.54 Å². The van der Waals surface area contributed by atoms with Crippen molar-refractivity contribution in [3.8, 4) is 0 Å². The number of ketones is 1. The highest BCUT2D eigenvalue weighted by atomic mass is 16.6. The van der Waals surface area contributed by atoms with Crippen LogP contribution in [-0.2, 0) is 48.2 Å². The standard InChI is InChI=1S/C35H48N6O8/c1-19(2)13-27(31(44)37-26(17-23-11-12-36-30(23)43)29(42)33(46)40-35(4,5)6)38-32(45)28(24-15-21-9-7-8-10-22(21)16-24)39-34(47)48-18-25-14-20(3)49-41-25/h7-10,14,19,23-24,26-28H,11-13,15-18H2,1-6H3,(H,36,43)(H,37,44)(H,38,45)(H,39,47)(H,40,46)/t23-,26-,27-,28-/m0/s1. The lowest BCUT2D eigenvalue weighted by atomic mass is 9.93. The van der Waals surface area contributed by atoms with Gasteiger partial charge in [0.2, 0.25) is 23.5 Å². The van der Waals surface area contributed by atoms with Crippen LogP contribution in [0.25, 0.3) is 0 Å². The van der Waals surface area contributed by atoms with Crippen molar-refractivity contribution in [2.24, 2.45) is 17.8 Å². The van der Waals surface area contributed by atoms with Crippen LogP contribution in [0.5, 0.6) is 0 Å². The average molecular weight is 681 g/mol. The second kappa shape index (κ2) is 16.1. The molecule has 1 saturated heterocycles. The zero-order chi connectivity index (χ0) is 35.9. The fourth-order valence-corrected chi connectivity index (χ4v) is 6.20. The van der Waals surface area contributed by atoms with Gasteiger partial charge in [0.1, 0.15) is 30.1 Å². The highest BCUT2D eigenvalue weighted by molar-refractivity contribution is 6.38. The topological polar surface area (TPSA) is 198 Å². The summed E-state index contributed by atoms with van der Waals surface area (Å²) >= 11 is 0. The molecule has 2 heterocycles. The molecular weight excluding hydrogens is 632 g/mol. The summed E-state index contributed by atoms with van der Waals surface area (Å²) in [4.78, 5) is 79.5. The number of ether oxygens (including phenoxy) is 1. The van der Waals surface area contributed by atoms with Crippen molar-refractivity contribution in [3.05, 3.63) is 52.9 Å². The van der Waals surface area contributed by atoms with E-state index < -0.39 is 59.2 Å². The summed E-state index contributed by atoms with van der Waals surface area (Å²) in [6.45, 7) is 10.9. The quantitative estimate of drug-likeness (QED) is 0.185. The number of rotatable bonds is 14. The fourth-order valence-electron chi connectivity index (χ4n) is 6.20. The van der Waals surface area contributed by atoms with E-state index in [1.54, 1.807) is 33.8 Å². The van der Waals surface area contributed by atoms with Gasteiger partial charge in [0.25, 0.3) is 5.91 Å². The monoisotopic (exact) mass is 680 g/mol. The van der Waals surface area contributed by atoms with Gasteiger partial charge in [-0.1, -0.05) is 43.3 Å². The number of hydrogen-bond acceptors (Lipinski definition) is 9. The molecule has 0 unspecified atom stereocenters. The Bertz CT molecular complexity index is 1520. The molecule has 5 amide bonds. The maximum absolute atomic E-state index is 14.0. The zero-order valence-corrected chi connectivity index (χ0v) is 29.0. The second-order valence-corrected chi connectivity index (χ2v) is 14.4. The van der Waals surface area contributed by atoms with Gasteiger partial charge in [-0.2, -0.15) is 0 Å². The summed E-state index contributed by atoms with van der Waals surface area (Å²) in [7, 11) is 0. The Morgan fingerprint density at radius 3 is 2.20 bits per heavy atom. The summed E-state index contributed by atoms with van der Waals surface area (Å²) in [5.74, 6) is -3.72. The second-order valence-electron chi connectivity index (χ2n) is 14.4. The van der Waals surface area contributed by atoms with E-state index >= 15 is 0 Å². The lowest BCUT2D eigenvalue weighted by molar-refractivity contribution is -0.142. The van der Waals surface area contributed by atoms with Gasteiger partial charge in [0.15, 0.2) is 0 Å². The first kappa shape index (κ1) is 37.1. The number of fused-ring (bicyclic) bond motifs is 1. The maximum Gasteiger partial charge on any atom is 0.408 e. The SMILES string of the molecule is Cc1cc(COC(=O)N[C@H](C(=O)N[C@@H](CC(C)C)C(=O)N[C@@H](C[C@@H]2CCNC2=O)C(=O)C(=O)NC(C)(C)C)C2Cc3ccccc3C2)no1. The Morgan fingerprint density at radius 2 is 1.65 bits per heavy atom. The van der Waals surface area contributed by atoms with Gasteiger partial charge in [-0.15, -0.1) is 0 Å². The molecule has 0 spiro atoms. The van der Waals surface area contributed by atoms with Crippen LogP contribution in [-0.4, -0.2) is 70.9 Å². The van der Waals surface area contributed by atoms with Crippen molar-refractivity contribution >= 4 is 35.5 Å². The van der Waals surface area contributed by atoms with E-state index in [0.29, 0.717) is 37.3 Å². The third-order valence-corrected chi connectivity index (χ3v) is 8.51. The van der Waals surface area contributed by atoms with E-state index in [-0.39, 0.29) is 37.2 Å². The molecule has 0 bridgehead atoms. The number of aryl methyl sites for hydroxylation is 1. The van der Waals surface area contributed by atoms with E-state index in [1.165, 1.54) is 0 Å². The number of benzene rings is 1. The van der Waals surface area contributed by atoms with Crippen LogP contribution in [0.3, 0.4) is 0 Å². The molecule has 1 aliphatic carbocycles. The van der Waals surface area contributed by atoms with Crippen LogP contribution in [0.2, 0.25) is 0 Å². The number of amides is 5. The van der Waals surface area contributed by atoms with E-state index in [1.807, 2.05) is 38.1 Å². The Kier molecular flexibility index (Phi) is 12.2. The summed E-state index contributed by atoms with van der Waals surface area (Å²) in [6, 6.07) is 5.91. The molecule has 4 atom stereocenters. The number of nitrogens with one attached hydrogen (secondary N) is 5. The Balaban J connectivity index is 1.52. The summed E-state index contributed by atoms with van der Waals surface area (Å²) in [5.41, 5.74) is 1.81. The number of alkyl carbamates (subject to hydrolysis) is 1. The molecule has 1 aromatic carbocycles. The normalized spacial score (nSPS) is 17.8. The minimum absolute atomic E-state index is 0.0620. The molecule has 2 aliphatic rings. The van der Waals surface area contributed by atoms with Crippen LogP contribution < -0.4 is 26.6 Å². The molecule has 1 aliphatic heterocycles. The predicted octanol–water partition coefficient (Wildman–Crippen LogP) is 2.02. The van der Waals surface area contributed by atoms with Gasteiger partial charge < -0.3 is 35.8 Å². The zero-order valence-electron chi connectivity index (χ0n) is 29.0. The van der Waals surface area contributed by atoms with Gasteiger partial charge in [-0.25, -0.2) is 4.79 Å². The number of aromatic nitrogens is 1. The van der Waals surface area contributed by atoms with Crippen molar-refractivity contribution in [1.82, 2.24) is 31.7 Å². The van der Waals surface area contributed by atoms with Gasteiger partial charge in [-0.05, 0) is 82.8 Å². The molecule has 5 N–H and O–H groups in total. The fraction of sp³-hybridized carbons (Fsp3) is 0.571. The van der Waals surface area contributed by atoms with Gasteiger partial charge in [-0.3, -0.25) is 24.0 Å². The first-order chi connectivity index (χ1) is 23.1. The molecule has 4 rings (SSSR count). The van der Waals surface area contributed by atoms with Crippen molar-refractivity contribution in [3.63, 3.8) is 0 Å². The van der Waals surface area contributed by atoms with E-state index in [9.17, 15) is 28.8 Å². The molecule has 1 fully saturated rings. The maximum atomic E-state index is 14.0. The van der Waals surface area contributed by atoms with Crippen LogP contribution in [0.15, 0.2) is 34.9 Å². The number of hydrogen-bond donors (Lipinski definition) is 5. The molecule has 49 heavy (non-hydrogen) atoms. The van der Waals surface area contributed by atoms with Crippen LogP contribution >= 0.6 is 0 Å². The van der Waals surface area contributed by atoms with Crippen LogP contribution in [0.1, 0.15) is 76.5 Å². The first-order valence-electron chi connectivity index (χ1n) is 16.8. The molecule has 2 aromatic rings. The van der Waals surface area contributed by atoms with E-state index in [2.05, 4.69) is 31.7 Å². The molecular formula is C35H48N6O8. The van der Waals surface area contributed by atoms with Gasteiger partial charge in [0.05, 0.1) is 6.04 Å². The summed E-state index contributed by atoms with van der Waals surface area (Å²) < 4.78 is 10.4. The molecule has 266 valence electrons. The van der Waals surface area contributed by atoms with Gasteiger partial charge >= 0.3 is 6.09 Å². The number of Topliss-reactive ketones (excluding diaryl/α,β-unsaturated/α-hetero) is 1. The lowest BCUT2D eigenvalue weighted by Gasteiger charge is -2.29. The Labute approximate surface area is 286 Å². The first-order valence-corrected chi connectivity index (χ1v) is 16.8. The number of nitrogens with zero attached hydrogens (tertiary/aromatic N) is 1. The van der Waals surface area contributed by atoms with Gasteiger partial charge in [0, 0.05) is 24.1 Å². The highest BCUT2D eigenvalue weighted by Gasteiger charge is 2.39. The number of carbonyl (C=O) groups excluding carboxylic acids is 6. The molecule has 1 aromatic heterocycles. The number of carbonyl (C=O) groups is 6. The smallest absolute Gasteiger partial charge is 0.408 e. The minimum atomic E-state index is -1.30. The Morgan fingerprint density at radius 1 is 1.00 bits per heavy atom. The molecule has 0 radical (unpaired) electrons.